The summed E-state index contributed by atoms with van der Waals surface area (Å²) in [6.45, 7) is 0.388. The lowest BCUT2D eigenvalue weighted by Gasteiger charge is -2.24. The molecule has 0 aliphatic carbocycles. The van der Waals surface area contributed by atoms with Crippen molar-refractivity contribution in [1.29, 1.82) is 0 Å². The lowest BCUT2D eigenvalue weighted by molar-refractivity contribution is -0.142. The number of H-pyrrole nitrogens is 1. The summed E-state index contributed by atoms with van der Waals surface area (Å²) in [4.78, 5) is 64.5. The first-order valence-corrected chi connectivity index (χ1v) is 12.7. The number of benzene rings is 1. The molecule has 4 atom stereocenters. The molecule has 14 heteroatoms. The highest BCUT2D eigenvalue weighted by Gasteiger charge is 2.30. The fraction of sp³-hybridized carbons (Fsp3) is 0.458. The number of amides is 4. The number of fused-ring (bicyclic) bond motifs is 1. The molecule has 13 nitrogen and oxygen atoms in total. The van der Waals surface area contributed by atoms with Crippen molar-refractivity contribution in [3.05, 3.63) is 36.0 Å². The normalized spacial score (nSPS) is 14.2. The van der Waals surface area contributed by atoms with Crippen LogP contribution in [-0.4, -0.2) is 76.2 Å². The van der Waals surface area contributed by atoms with Gasteiger partial charge >= 0.3 is 5.97 Å². The Morgan fingerprint density at radius 2 is 1.58 bits per heavy atom. The zero-order chi connectivity index (χ0) is 28.2. The molecule has 0 aliphatic heterocycles. The van der Waals surface area contributed by atoms with Gasteiger partial charge in [-0.05, 0) is 37.4 Å². The van der Waals surface area contributed by atoms with Gasteiger partial charge in [0.15, 0.2) is 0 Å². The minimum atomic E-state index is -1.27. The summed E-state index contributed by atoms with van der Waals surface area (Å²) in [6, 6.07) is 2.55. The molecule has 0 spiro atoms. The average molecular weight is 550 g/mol. The van der Waals surface area contributed by atoms with Crippen molar-refractivity contribution >= 4 is 53.1 Å². The Labute approximate surface area is 225 Å². The number of nitrogens with two attached hydrogens (primary N) is 3. The van der Waals surface area contributed by atoms with E-state index in [1.54, 1.807) is 6.20 Å². The van der Waals surface area contributed by atoms with Gasteiger partial charge in [0.2, 0.25) is 23.6 Å². The third-order valence-electron chi connectivity index (χ3n) is 5.87. The summed E-state index contributed by atoms with van der Waals surface area (Å²) in [5.41, 5.74) is 17.7. The second-order valence-electron chi connectivity index (χ2n) is 8.83. The third-order valence-corrected chi connectivity index (χ3v) is 6.23. The zero-order valence-corrected chi connectivity index (χ0v) is 21.7. The maximum absolute atomic E-state index is 13.2. The van der Waals surface area contributed by atoms with Crippen LogP contribution in [0, 0.1) is 0 Å². The first-order chi connectivity index (χ1) is 18.1. The minimum absolute atomic E-state index is 0.0329. The Morgan fingerprint density at radius 1 is 0.947 bits per heavy atom. The molecule has 208 valence electrons. The van der Waals surface area contributed by atoms with Gasteiger partial charge in [0.25, 0.3) is 0 Å². The molecular formula is C24H35N7O6S. The standard InChI is InChI=1S/C24H35N7O6S/c25-8-4-3-7-17(24(36)37)29-22(34)18(9-13-11-28-16-6-2-1-5-14(13)16)30-23(35)19(12-38)31-21(33)15(26)10-20(27)32/h1-2,5-6,11,15,17-19,28,38H,3-4,7-10,12,25-26H2,(H2,27,32)(H,29,34)(H,30,35)(H,31,33)(H,36,37). The summed E-state index contributed by atoms with van der Waals surface area (Å²) in [6.07, 6.45) is 2.57. The van der Waals surface area contributed by atoms with Crippen LogP contribution < -0.4 is 33.2 Å². The number of primary amides is 1. The maximum atomic E-state index is 13.2. The maximum Gasteiger partial charge on any atom is 0.326 e. The quantitative estimate of drug-likeness (QED) is 0.0881. The monoisotopic (exact) mass is 549 g/mol. The molecule has 1 aromatic heterocycles. The summed E-state index contributed by atoms with van der Waals surface area (Å²) in [7, 11) is 0. The number of thiol groups is 1. The number of hydrogen-bond donors (Lipinski definition) is 9. The average Bonchev–Trinajstić information content (AvgIpc) is 3.28. The molecule has 0 bridgehead atoms. The van der Waals surface area contributed by atoms with Crippen LogP contribution in [-0.2, 0) is 30.4 Å². The Morgan fingerprint density at radius 3 is 2.21 bits per heavy atom. The Bertz CT molecular complexity index is 1140. The number of aromatic amines is 1. The van der Waals surface area contributed by atoms with Gasteiger partial charge in [-0.3, -0.25) is 19.2 Å². The lowest BCUT2D eigenvalue weighted by atomic mass is 10.0. The number of hydrogen-bond acceptors (Lipinski definition) is 8. The number of aromatic nitrogens is 1. The number of aliphatic carboxylic acids is 1. The van der Waals surface area contributed by atoms with Gasteiger partial charge in [0, 0.05) is 29.3 Å². The van der Waals surface area contributed by atoms with Crippen molar-refractivity contribution < 1.29 is 29.1 Å². The van der Waals surface area contributed by atoms with E-state index in [1.165, 1.54) is 0 Å². The van der Waals surface area contributed by atoms with E-state index < -0.39 is 60.2 Å². The topological polar surface area (TPSA) is 236 Å². The molecule has 1 aromatic carbocycles. The van der Waals surface area contributed by atoms with Crippen LogP contribution in [0.2, 0.25) is 0 Å². The van der Waals surface area contributed by atoms with Crippen molar-refractivity contribution in [2.24, 2.45) is 17.2 Å². The molecule has 0 radical (unpaired) electrons. The summed E-state index contributed by atoms with van der Waals surface area (Å²) in [5, 5.41) is 17.9. The predicted molar refractivity (Wildman–Crippen MR) is 144 cm³/mol. The summed E-state index contributed by atoms with van der Waals surface area (Å²) >= 11 is 4.11. The van der Waals surface area contributed by atoms with Gasteiger partial charge in [0.1, 0.15) is 18.1 Å². The van der Waals surface area contributed by atoms with Crippen LogP contribution in [0.1, 0.15) is 31.2 Å². The van der Waals surface area contributed by atoms with E-state index in [4.69, 9.17) is 17.2 Å². The predicted octanol–water partition coefficient (Wildman–Crippen LogP) is -1.49. The van der Waals surface area contributed by atoms with Crippen LogP contribution in [0.5, 0.6) is 0 Å². The SMILES string of the molecule is NCCCCC(NC(=O)C(Cc1c[nH]c2ccccc12)NC(=O)C(CS)NC(=O)C(N)CC(N)=O)C(=O)O. The number of carbonyl (C=O) groups is 5. The molecule has 0 aliphatic rings. The summed E-state index contributed by atoms with van der Waals surface area (Å²) < 4.78 is 0. The highest BCUT2D eigenvalue weighted by Crippen LogP contribution is 2.19. The number of para-hydroxylation sites is 1. The van der Waals surface area contributed by atoms with E-state index >= 15 is 0 Å². The number of carboxylic acids is 1. The smallest absolute Gasteiger partial charge is 0.326 e. The van der Waals surface area contributed by atoms with Gasteiger partial charge in [-0.2, -0.15) is 12.6 Å². The van der Waals surface area contributed by atoms with Crippen molar-refractivity contribution in [2.45, 2.75) is 56.3 Å². The largest absolute Gasteiger partial charge is 0.480 e. The number of nitrogens with one attached hydrogen (secondary N) is 4. The molecule has 1 heterocycles. The van der Waals surface area contributed by atoms with Crippen LogP contribution in [0.15, 0.2) is 30.5 Å². The van der Waals surface area contributed by atoms with Crippen LogP contribution in [0.4, 0.5) is 0 Å². The van der Waals surface area contributed by atoms with E-state index in [0.29, 0.717) is 24.9 Å². The molecule has 4 unspecified atom stereocenters. The molecule has 2 rings (SSSR count). The van der Waals surface area contributed by atoms with Crippen LogP contribution in [0.3, 0.4) is 0 Å². The molecule has 0 saturated carbocycles. The fourth-order valence-corrected chi connectivity index (χ4v) is 4.06. The first kappa shape index (κ1) is 30.6. The number of carboxylic acid groups (broad SMARTS) is 1. The second-order valence-corrected chi connectivity index (χ2v) is 9.19. The van der Waals surface area contributed by atoms with Gasteiger partial charge < -0.3 is 43.2 Å². The minimum Gasteiger partial charge on any atom is -0.480 e. The molecule has 38 heavy (non-hydrogen) atoms. The molecule has 4 amide bonds. The Hall–Kier alpha value is -3.62. The van der Waals surface area contributed by atoms with Crippen LogP contribution >= 0.6 is 12.6 Å². The van der Waals surface area contributed by atoms with E-state index in [1.807, 2.05) is 24.3 Å². The zero-order valence-electron chi connectivity index (χ0n) is 20.8. The van der Waals surface area contributed by atoms with Crippen molar-refractivity contribution in [3.8, 4) is 0 Å². The van der Waals surface area contributed by atoms with Gasteiger partial charge in [0.05, 0.1) is 12.5 Å². The number of unbranched alkanes of at least 4 members (excludes halogenated alkanes) is 1. The third kappa shape index (κ3) is 9.04. The number of rotatable bonds is 16. The van der Waals surface area contributed by atoms with E-state index in [2.05, 4.69) is 33.6 Å². The highest BCUT2D eigenvalue weighted by molar-refractivity contribution is 7.80. The molecule has 11 N–H and O–H groups in total. The van der Waals surface area contributed by atoms with Crippen molar-refractivity contribution in [1.82, 2.24) is 20.9 Å². The summed E-state index contributed by atoms with van der Waals surface area (Å²) in [5.74, 6) is -4.38. The van der Waals surface area contributed by atoms with Gasteiger partial charge in [-0.1, -0.05) is 18.2 Å². The molecule has 2 aromatic rings. The van der Waals surface area contributed by atoms with Gasteiger partial charge in [-0.25, -0.2) is 4.79 Å². The second kappa shape index (κ2) is 15.0. The van der Waals surface area contributed by atoms with E-state index in [9.17, 15) is 29.1 Å². The molecule has 0 fully saturated rings. The molecular weight excluding hydrogens is 514 g/mol. The number of carbonyl (C=O) groups excluding carboxylic acids is 4. The molecule has 0 saturated heterocycles. The van der Waals surface area contributed by atoms with Gasteiger partial charge in [-0.15, -0.1) is 0 Å². The van der Waals surface area contributed by atoms with Crippen molar-refractivity contribution in [2.75, 3.05) is 12.3 Å². The Balaban J connectivity index is 2.24. The van der Waals surface area contributed by atoms with Crippen molar-refractivity contribution in [3.63, 3.8) is 0 Å². The fourth-order valence-electron chi connectivity index (χ4n) is 3.81. The highest BCUT2D eigenvalue weighted by atomic mass is 32.1. The van der Waals surface area contributed by atoms with E-state index in [-0.39, 0.29) is 18.6 Å². The van der Waals surface area contributed by atoms with Crippen LogP contribution in [0.25, 0.3) is 10.9 Å². The Kier molecular flexibility index (Phi) is 12.0. The van der Waals surface area contributed by atoms with E-state index in [0.717, 1.165) is 10.9 Å². The lowest BCUT2D eigenvalue weighted by Crippen LogP contribution is -2.58. The first-order valence-electron chi connectivity index (χ1n) is 12.1.